The number of imidazole rings is 1. The molecular formula is C23H28N4O. The lowest BCUT2D eigenvalue weighted by Crippen LogP contribution is -2.34. The van der Waals surface area contributed by atoms with Crippen molar-refractivity contribution in [3.8, 4) is 11.4 Å². The Kier molecular flexibility index (Phi) is 6.04. The predicted octanol–water partition coefficient (Wildman–Crippen LogP) is 3.81. The smallest absolute Gasteiger partial charge is 0.118 e. The van der Waals surface area contributed by atoms with Crippen LogP contribution in [-0.4, -0.2) is 41.2 Å². The van der Waals surface area contributed by atoms with E-state index in [9.17, 15) is 0 Å². The number of aromatic nitrogens is 2. The fourth-order valence-corrected chi connectivity index (χ4v) is 3.89. The van der Waals surface area contributed by atoms with E-state index in [1.165, 1.54) is 37.1 Å². The summed E-state index contributed by atoms with van der Waals surface area (Å²) < 4.78 is 7.33. The third kappa shape index (κ3) is 4.43. The average Bonchev–Trinajstić information content (AvgIpc) is 3.46. The quantitative estimate of drug-likeness (QED) is 0.649. The zero-order chi connectivity index (χ0) is 19.2. The lowest BCUT2D eigenvalue weighted by molar-refractivity contribution is 0.238. The molecule has 0 saturated carbocycles. The Labute approximate surface area is 167 Å². The van der Waals surface area contributed by atoms with Crippen LogP contribution in [-0.2, 0) is 6.54 Å². The fourth-order valence-electron chi connectivity index (χ4n) is 3.89. The van der Waals surface area contributed by atoms with Crippen molar-refractivity contribution < 1.29 is 4.74 Å². The van der Waals surface area contributed by atoms with Gasteiger partial charge in [0.05, 0.1) is 13.4 Å². The zero-order valence-corrected chi connectivity index (χ0v) is 16.4. The summed E-state index contributed by atoms with van der Waals surface area (Å²) in [5.74, 6) is 0.912. The van der Waals surface area contributed by atoms with Gasteiger partial charge in [-0.25, -0.2) is 4.98 Å². The molecule has 4 rings (SSSR count). The minimum absolute atomic E-state index is 0.402. The van der Waals surface area contributed by atoms with E-state index in [0.717, 1.165) is 24.5 Å². The van der Waals surface area contributed by atoms with Crippen molar-refractivity contribution in [2.75, 3.05) is 26.7 Å². The van der Waals surface area contributed by atoms with E-state index in [0.29, 0.717) is 6.04 Å². The van der Waals surface area contributed by atoms with E-state index in [2.05, 4.69) is 63.7 Å². The molecule has 1 aromatic heterocycles. The topological polar surface area (TPSA) is 42.3 Å². The van der Waals surface area contributed by atoms with Gasteiger partial charge in [-0.2, -0.15) is 0 Å². The van der Waals surface area contributed by atoms with Gasteiger partial charge in [-0.3, -0.25) is 4.90 Å². The number of methoxy groups -OCH3 is 1. The van der Waals surface area contributed by atoms with Gasteiger partial charge < -0.3 is 14.6 Å². The average molecular weight is 377 g/mol. The summed E-state index contributed by atoms with van der Waals surface area (Å²) in [6.07, 6.45) is 8.17. The molecule has 0 amide bonds. The van der Waals surface area contributed by atoms with Gasteiger partial charge in [0.2, 0.25) is 0 Å². The molecule has 146 valence electrons. The summed E-state index contributed by atoms with van der Waals surface area (Å²) in [5.41, 5.74) is 3.78. The molecule has 5 nitrogen and oxygen atoms in total. The van der Waals surface area contributed by atoms with Gasteiger partial charge in [0, 0.05) is 37.2 Å². The minimum atomic E-state index is 0.402. The van der Waals surface area contributed by atoms with Gasteiger partial charge in [0.1, 0.15) is 5.75 Å². The first-order valence-corrected chi connectivity index (χ1v) is 9.99. The third-order valence-corrected chi connectivity index (χ3v) is 5.49. The van der Waals surface area contributed by atoms with Crippen molar-refractivity contribution in [3.05, 3.63) is 78.4 Å². The largest absolute Gasteiger partial charge is 0.497 e. The van der Waals surface area contributed by atoms with Gasteiger partial charge in [-0.15, -0.1) is 0 Å². The number of hydrogen-bond donors (Lipinski definition) is 1. The number of benzene rings is 2. The maximum atomic E-state index is 5.31. The van der Waals surface area contributed by atoms with Gasteiger partial charge in [-0.05, 0) is 61.3 Å². The van der Waals surface area contributed by atoms with E-state index in [1.807, 2.05) is 17.1 Å². The van der Waals surface area contributed by atoms with Crippen molar-refractivity contribution in [1.29, 1.82) is 0 Å². The van der Waals surface area contributed by atoms with Crippen molar-refractivity contribution in [2.24, 2.45) is 0 Å². The summed E-state index contributed by atoms with van der Waals surface area (Å²) in [5, 5.41) is 3.67. The predicted molar refractivity (Wildman–Crippen MR) is 112 cm³/mol. The normalized spacial score (nSPS) is 15.6. The summed E-state index contributed by atoms with van der Waals surface area (Å²) in [6.45, 7) is 4.16. The van der Waals surface area contributed by atoms with Crippen LogP contribution in [0.25, 0.3) is 5.69 Å². The monoisotopic (exact) mass is 376 g/mol. The Morgan fingerprint density at radius 3 is 2.43 bits per heavy atom. The number of hydrogen-bond acceptors (Lipinski definition) is 4. The van der Waals surface area contributed by atoms with Crippen LogP contribution >= 0.6 is 0 Å². The molecule has 1 aliphatic rings. The van der Waals surface area contributed by atoms with Gasteiger partial charge in [0.15, 0.2) is 0 Å². The van der Waals surface area contributed by atoms with Crippen molar-refractivity contribution in [2.45, 2.75) is 25.4 Å². The minimum Gasteiger partial charge on any atom is -0.497 e. The number of nitrogens with one attached hydrogen (secondary N) is 1. The van der Waals surface area contributed by atoms with E-state index >= 15 is 0 Å². The van der Waals surface area contributed by atoms with Crippen LogP contribution in [0.3, 0.4) is 0 Å². The Hall–Kier alpha value is -2.63. The molecule has 5 heteroatoms. The summed E-state index contributed by atoms with van der Waals surface area (Å²) in [6, 6.07) is 17.6. The highest BCUT2D eigenvalue weighted by Crippen LogP contribution is 2.26. The zero-order valence-electron chi connectivity index (χ0n) is 16.4. The Morgan fingerprint density at radius 1 is 1.04 bits per heavy atom. The van der Waals surface area contributed by atoms with E-state index < -0.39 is 0 Å². The van der Waals surface area contributed by atoms with Crippen LogP contribution in [0.4, 0.5) is 0 Å². The fraction of sp³-hybridized carbons (Fsp3) is 0.348. The second-order valence-corrected chi connectivity index (χ2v) is 7.30. The highest BCUT2D eigenvalue weighted by atomic mass is 16.5. The molecule has 0 bridgehead atoms. The Balaban J connectivity index is 1.38. The molecular weight excluding hydrogens is 348 g/mol. The van der Waals surface area contributed by atoms with Gasteiger partial charge >= 0.3 is 0 Å². The van der Waals surface area contributed by atoms with Crippen molar-refractivity contribution in [1.82, 2.24) is 19.8 Å². The highest BCUT2D eigenvalue weighted by molar-refractivity contribution is 5.34. The molecule has 1 atom stereocenters. The first-order valence-electron chi connectivity index (χ1n) is 9.99. The Morgan fingerprint density at radius 2 is 1.79 bits per heavy atom. The van der Waals surface area contributed by atoms with Gasteiger partial charge in [-0.1, -0.05) is 24.3 Å². The summed E-state index contributed by atoms with van der Waals surface area (Å²) in [7, 11) is 1.71. The first-order chi connectivity index (χ1) is 13.8. The molecule has 0 unspecified atom stereocenters. The number of ether oxygens (including phenoxy) is 1. The molecule has 0 spiro atoms. The molecule has 0 radical (unpaired) electrons. The molecule has 1 fully saturated rings. The SMILES string of the molecule is COc1ccc([C@H](CNCc2ccc(-n3ccnc3)cc2)N2CCCC2)cc1. The lowest BCUT2D eigenvalue weighted by atomic mass is 10.0. The summed E-state index contributed by atoms with van der Waals surface area (Å²) >= 11 is 0. The van der Waals surface area contributed by atoms with Crippen LogP contribution in [0.5, 0.6) is 5.75 Å². The molecule has 28 heavy (non-hydrogen) atoms. The maximum absolute atomic E-state index is 5.31. The van der Waals surface area contributed by atoms with Crippen LogP contribution in [0.1, 0.15) is 30.0 Å². The molecule has 1 saturated heterocycles. The van der Waals surface area contributed by atoms with Crippen LogP contribution in [0.2, 0.25) is 0 Å². The Bertz CT molecular complexity index is 837. The van der Waals surface area contributed by atoms with Crippen molar-refractivity contribution in [3.63, 3.8) is 0 Å². The van der Waals surface area contributed by atoms with E-state index in [-0.39, 0.29) is 0 Å². The second kappa shape index (κ2) is 9.04. The standard InChI is InChI=1S/C23H28N4O/c1-28-22-10-6-20(7-11-22)23(26-13-2-3-14-26)17-25-16-19-4-8-21(9-5-19)27-15-12-24-18-27/h4-12,15,18,23,25H,2-3,13-14,16-17H2,1H3/t23-/m0/s1. The van der Waals surface area contributed by atoms with Crippen LogP contribution in [0, 0.1) is 0 Å². The molecule has 0 aliphatic carbocycles. The second-order valence-electron chi connectivity index (χ2n) is 7.30. The van der Waals surface area contributed by atoms with E-state index in [4.69, 9.17) is 4.74 Å². The molecule has 3 aromatic rings. The first kappa shape index (κ1) is 18.7. The third-order valence-electron chi connectivity index (χ3n) is 5.49. The van der Waals surface area contributed by atoms with Gasteiger partial charge in [0.25, 0.3) is 0 Å². The van der Waals surface area contributed by atoms with E-state index in [1.54, 1.807) is 13.3 Å². The summed E-state index contributed by atoms with van der Waals surface area (Å²) in [4.78, 5) is 6.70. The number of rotatable bonds is 8. The molecule has 2 aromatic carbocycles. The lowest BCUT2D eigenvalue weighted by Gasteiger charge is -2.28. The maximum Gasteiger partial charge on any atom is 0.118 e. The number of nitrogens with zero attached hydrogens (tertiary/aromatic N) is 3. The highest BCUT2D eigenvalue weighted by Gasteiger charge is 2.23. The van der Waals surface area contributed by atoms with Crippen LogP contribution < -0.4 is 10.1 Å². The molecule has 1 N–H and O–H groups in total. The molecule has 2 heterocycles. The number of likely N-dealkylation sites (tertiary alicyclic amines) is 1. The van der Waals surface area contributed by atoms with Crippen molar-refractivity contribution >= 4 is 0 Å². The molecule has 1 aliphatic heterocycles. The van der Waals surface area contributed by atoms with Crippen LogP contribution in [0.15, 0.2) is 67.3 Å².